The standard InChI is InChI=1S/C21H28N6O6/c1-24-19(28)15(17(22-24)14-33-27-8-12-32-13-9-27)4-3-5-16-18(23-25(2)20(16)29)21(30)26-6-10-31-11-7-26/h4-5,22-23H,6-14H2,1-2H3. The van der Waals surface area contributed by atoms with E-state index in [2.05, 4.69) is 15.9 Å². The summed E-state index contributed by atoms with van der Waals surface area (Å²) in [4.78, 5) is 45.4. The topological polar surface area (TPSA) is 127 Å². The van der Waals surface area contributed by atoms with Crippen LogP contribution < -0.4 is 11.1 Å². The SMILES string of the molecule is Cn1[nH]c(CON2CCOCC2)c(C=C=Cc2c(C(=O)N3CCOCC3)[nH]n(C)c2=O)c1=O. The molecule has 2 aliphatic rings. The average molecular weight is 460 g/mol. The van der Waals surface area contributed by atoms with Gasteiger partial charge in [0.05, 0.1) is 43.2 Å². The van der Waals surface area contributed by atoms with Gasteiger partial charge in [-0.15, -0.1) is 5.73 Å². The molecule has 0 aromatic carbocycles. The van der Waals surface area contributed by atoms with Crippen LogP contribution in [0.4, 0.5) is 0 Å². The number of morpholine rings is 2. The molecule has 2 aromatic heterocycles. The third-order valence-corrected chi connectivity index (χ3v) is 5.58. The summed E-state index contributed by atoms with van der Waals surface area (Å²) in [6.07, 6.45) is 2.91. The van der Waals surface area contributed by atoms with Crippen molar-refractivity contribution in [3.63, 3.8) is 0 Å². The smallest absolute Gasteiger partial charge is 0.274 e. The van der Waals surface area contributed by atoms with Crippen molar-refractivity contribution >= 4 is 18.1 Å². The van der Waals surface area contributed by atoms with Crippen LogP contribution in [-0.4, -0.2) is 88.0 Å². The van der Waals surface area contributed by atoms with Crippen LogP contribution in [0.3, 0.4) is 0 Å². The molecule has 0 spiro atoms. The van der Waals surface area contributed by atoms with Crippen LogP contribution >= 0.6 is 0 Å². The number of rotatable bonds is 6. The number of nitrogens with zero attached hydrogens (tertiary/aromatic N) is 4. The van der Waals surface area contributed by atoms with Gasteiger partial charge in [0, 0.05) is 40.3 Å². The number of aromatic amines is 2. The van der Waals surface area contributed by atoms with Crippen LogP contribution in [0, 0.1) is 0 Å². The highest BCUT2D eigenvalue weighted by molar-refractivity contribution is 5.95. The molecule has 0 saturated carbocycles. The maximum atomic E-state index is 12.9. The largest absolute Gasteiger partial charge is 0.379 e. The summed E-state index contributed by atoms with van der Waals surface area (Å²) in [5.74, 6) is -0.277. The molecule has 2 N–H and O–H groups in total. The van der Waals surface area contributed by atoms with Crippen molar-refractivity contribution in [1.29, 1.82) is 0 Å². The Morgan fingerprint density at radius 3 is 2.21 bits per heavy atom. The van der Waals surface area contributed by atoms with Gasteiger partial charge in [0.15, 0.2) is 0 Å². The number of hydrogen-bond acceptors (Lipinski definition) is 7. The minimum Gasteiger partial charge on any atom is -0.379 e. The Kier molecular flexibility index (Phi) is 7.11. The number of aryl methyl sites for hydroxylation is 2. The van der Waals surface area contributed by atoms with Crippen LogP contribution in [0.25, 0.3) is 12.2 Å². The lowest BCUT2D eigenvalue weighted by atomic mass is 10.2. The number of amides is 1. The van der Waals surface area contributed by atoms with Gasteiger partial charge < -0.3 is 14.4 Å². The number of hydroxylamine groups is 2. The molecule has 0 aliphatic carbocycles. The van der Waals surface area contributed by atoms with E-state index in [1.165, 1.54) is 21.5 Å². The molecule has 2 saturated heterocycles. The van der Waals surface area contributed by atoms with Gasteiger partial charge in [-0.3, -0.25) is 38.8 Å². The second kappa shape index (κ2) is 10.2. The Morgan fingerprint density at radius 2 is 1.52 bits per heavy atom. The fourth-order valence-corrected chi connectivity index (χ4v) is 3.71. The quantitative estimate of drug-likeness (QED) is 0.546. The molecule has 2 aromatic rings. The molecule has 12 nitrogen and oxygen atoms in total. The van der Waals surface area contributed by atoms with E-state index in [1.807, 2.05) is 0 Å². The summed E-state index contributed by atoms with van der Waals surface area (Å²) in [6, 6.07) is 0. The van der Waals surface area contributed by atoms with E-state index in [0.29, 0.717) is 63.9 Å². The summed E-state index contributed by atoms with van der Waals surface area (Å²) >= 11 is 0. The Hall–Kier alpha value is -3.15. The second-order valence-corrected chi connectivity index (χ2v) is 7.81. The van der Waals surface area contributed by atoms with E-state index in [-0.39, 0.29) is 34.9 Å². The van der Waals surface area contributed by atoms with Gasteiger partial charge >= 0.3 is 0 Å². The van der Waals surface area contributed by atoms with Gasteiger partial charge in [-0.05, 0) is 12.2 Å². The van der Waals surface area contributed by atoms with Gasteiger partial charge in [0.1, 0.15) is 12.3 Å². The molecule has 33 heavy (non-hydrogen) atoms. The molecule has 2 aliphatic heterocycles. The minimum atomic E-state index is -0.356. The summed E-state index contributed by atoms with van der Waals surface area (Å²) in [5, 5.41) is 7.60. The molecular formula is C21H28N6O6. The van der Waals surface area contributed by atoms with Gasteiger partial charge in [0.2, 0.25) is 0 Å². The molecule has 1 amide bonds. The van der Waals surface area contributed by atoms with E-state index < -0.39 is 0 Å². The third kappa shape index (κ3) is 5.10. The van der Waals surface area contributed by atoms with Gasteiger partial charge in [0.25, 0.3) is 17.0 Å². The van der Waals surface area contributed by atoms with Gasteiger partial charge in [-0.1, -0.05) is 0 Å². The summed E-state index contributed by atoms with van der Waals surface area (Å²) in [7, 11) is 3.16. The lowest BCUT2D eigenvalue weighted by Gasteiger charge is -2.26. The predicted octanol–water partition coefficient (Wildman–Crippen LogP) is -0.698. The second-order valence-electron chi connectivity index (χ2n) is 7.81. The molecular weight excluding hydrogens is 432 g/mol. The maximum absolute atomic E-state index is 12.9. The van der Waals surface area contributed by atoms with Crippen LogP contribution in [0.2, 0.25) is 0 Å². The van der Waals surface area contributed by atoms with Crippen molar-refractivity contribution in [1.82, 2.24) is 29.5 Å². The molecule has 0 unspecified atom stereocenters. The lowest BCUT2D eigenvalue weighted by Crippen LogP contribution is -2.41. The van der Waals surface area contributed by atoms with E-state index in [9.17, 15) is 14.4 Å². The van der Waals surface area contributed by atoms with Crippen LogP contribution in [0.15, 0.2) is 15.3 Å². The molecule has 12 heteroatoms. The highest BCUT2D eigenvalue weighted by atomic mass is 16.7. The number of ether oxygens (including phenoxy) is 2. The van der Waals surface area contributed by atoms with Gasteiger partial charge in [-0.25, -0.2) is 0 Å². The van der Waals surface area contributed by atoms with Crippen molar-refractivity contribution in [2.45, 2.75) is 6.61 Å². The highest BCUT2D eigenvalue weighted by Crippen LogP contribution is 2.11. The molecule has 0 bridgehead atoms. The minimum absolute atomic E-state index is 0.177. The fourth-order valence-electron chi connectivity index (χ4n) is 3.71. The van der Waals surface area contributed by atoms with E-state index in [4.69, 9.17) is 14.3 Å². The Labute approximate surface area is 189 Å². The van der Waals surface area contributed by atoms with E-state index in [1.54, 1.807) is 24.1 Å². The number of hydrogen-bond donors (Lipinski definition) is 2. The van der Waals surface area contributed by atoms with Crippen molar-refractivity contribution in [2.24, 2.45) is 14.1 Å². The van der Waals surface area contributed by atoms with Crippen molar-refractivity contribution < 1.29 is 19.1 Å². The van der Waals surface area contributed by atoms with Crippen molar-refractivity contribution in [2.75, 3.05) is 52.6 Å². The number of H-pyrrole nitrogens is 2. The monoisotopic (exact) mass is 460 g/mol. The van der Waals surface area contributed by atoms with Crippen molar-refractivity contribution in [3.8, 4) is 0 Å². The first-order valence-electron chi connectivity index (χ1n) is 10.8. The zero-order valence-electron chi connectivity index (χ0n) is 18.8. The molecule has 2 fully saturated rings. The van der Waals surface area contributed by atoms with Gasteiger partial charge in [-0.2, -0.15) is 5.06 Å². The molecule has 0 radical (unpaired) electrons. The predicted molar refractivity (Wildman–Crippen MR) is 118 cm³/mol. The Balaban J connectivity index is 1.57. The van der Waals surface area contributed by atoms with E-state index >= 15 is 0 Å². The number of carbonyl (C=O) groups excluding carboxylic acids is 1. The summed E-state index contributed by atoms with van der Waals surface area (Å²) < 4.78 is 13.2. The third-order valence-electron chi connectivity index (χ3n) is 5.58. The molecule has 4 heterocycles. The average Bonchev–Trinajstić information content (AvgIpc) is 3.28. The molecule has 4 rings (SSSR count). The zero-order chi connectivity index (χ0) is 23.4. The first-order valence-corrected chi connectivity index (χ1v) is 10.8. The first-order chi connectivity index (χ1) is 16.0. The fraction of sp³-hybridized carbons (Fsp3) is 0.524. The summed E-state index contributed by atoms with van der Waals surface area (Å²) in [6.45, 7) is 4.51. The number of carbonyl (C=O) groups is 1. The van der Waals surface area contributed by atoms with Crippen molar-refractivity contribution in [3.05, 3.63) is 49.0 Å². The normalized spacial score (nSPS) is 17.1. The van der Waals surface area contributed by atoms with Crippen LogP contribution in [-0.2, 0) is 35.0 Å². The zero-order valence-corrected chi connectivity index (χ0v) is 18.8. The molecule has 0 atom stereocenters. The van der Waals surface area contributed by atoms with Crippen LogP contribution in [0.5, 0.6) is 0 Å². The number of aromatic nitrogens is 4. The highest BCUT2D eigenvalue weighted by Gasteiger charge is 2.24. The van der Waals surface area contributed by atoms with Crippen LogP contribution in [0.1, 0.15) is 27.3 Å². The first kappa shape index (κ1) is 23.0. The Morgan fingerprint density at radius 1 is 0.939 bits per heavy atom. The Bertz CT molecular complexity index is 1170. The summed E-state index contributed by atoms with van der Waals surface area (Å²) in [5.41, 5.74) is 3.62. The lowest BCUT2D eigenvalue weighted by molar-refractivity contribution is -0.203. The van der Waals surface area contributed by atoms with E-state index in [0.717, 1.165) is 0 Å². The number of nitrogens with one attached hydrogen (secondary N) is 2. The maximum Gasteiger partial charge on any atom is 0.274 e. The molecule has 178 valence electrons.